The molecule has 0 aliphatic heterocycles. The molecule has 2 bridgehead atoms. The summed E-state index contributed by atoms with van der Waals surface area (Å²) in [7, 11) is 0. The van der Waals surface area contributed by atoms with Gasteiger partial charge in [0.15, 0.2) is 0 Å². The van der Waals surface area contributed by atoms with Crippen LogP contribution in [0.1, 0.15) is 49.8 Å². The fourth-order valence-electron chi connectivity index (χ4n) is 3.93. The first-order chi connectivity index (χ1) is 8.24. The Morgan fingerprint density at radius 1 is 1.18 bits per heavy atom. The number of rotatable bonds is 3. The van der Waals surface area contributed by atoms with Crippen LogP contribution in [0.15, 0.2) is 24.3 Å². The Labute approximate surface area is 105 Å². The van der Waals surface area contributed by atoms with Crippen LogP contribution < -0.4 is 5.32 Å². The van der Waals surface area contributed by atoms with E-state index in [-0.39, 0.29) is 0 Å². The highest BCUT2D eigenvalue weighted by Gasteiger charge is 2.39. The Morgan fingerprint density at radius 3 is 2.65 bits per heavy atom. The van der Waals surface area contributed by atoms with Crippen molar-refractivity contribution in [3.63, 3.8) is 0 Å². The van der Waals surface area contributed by atoms with E-state index in [1.165, 1.54) is 36.8 Å². The zero-order valence-corrected chi connectivity index (χ0v) is 10.9. The molecule has 3 rings (SSSR count). The predicted octanol–water partition coefficient (Wildman–Crippen LogP) is 3.83. The zero-order valence-electron chi connectivity index (χ0n) is 10.9. The van der Waals surface area contributed by atoms with Crippen LogP contribution in [0, 0.1) is 18.8 Å². The monoisotopic (exact) mass is 229 g/mol. The number of aryl methyl sites for hydroxylation is 1. The molecule has 3 unspecified atom stereocenters. The normalized spacial score (nSPS) is 32.9. The minimum Gasteiger partial charge on any atom is -0.307 e. The van der Waals surface area contributed by atoms with Gasteiger partial charge in [0.1, 0.15) is 0 Å². The van der Waals surface area contributed by atoms with Crippen LogP contribution in [-0.2, 0) is 0 Å². The molecule has 4 atom stereocenters. The average Bonchev–Trinajstić information content (AvgIpc) is 2.91. The fourth-order valence-corrected chi connectivity index (χ4v) is 3.93. The minimum absolute atomic E-state index is 0.501. The smallest absolute Gasteiger partial charge is 0.0297 e. The van der Waals surface area contributed by atoms with E-state index in [4.69, 9.17) is 0 Å². The molecule has 2 saturated carbocycles. The molecule has 1 heteroatoms. The Kier molecular flexibility index (Phi) is 2.96. The summed E-state index contributed by atoms with van der Waals surface area (Å²) >= 11 is 0. The molecule has 0 amide bonds. The van der Waals surface area contributed by atoms with Crippen molar-refractivity contribution in [3.8, 4) is 0 Å². The first-order valence-electron chi connectivity index (χ1n) is 7.05. The Hall–Kier alpha value is -0.820. The van der Waals surface area contributed by atoms with E-state index in [1.54, 1.807) is 0 Å². The highest BCUT2D eigenvalue weighted by atomic mass is 15.0. The van der Waals surface area contributed by atoms with Crippen LogP contribution >= 0.6 is 0 Å². The van der Waals surface area contributed by atoms with Gasteiger partial charge >= 0.3 is 0 Å². The van der Waals surface area contributed by atoms with Gasteiger partial charge in [-0.2, -0.15) is 0 Å². The van der Waals surface area contributed by atoms with E-state index >= 15 is 0 Å². The van der Waals surface area contributed by atoms with Gasteiger partial charge in [-0.25, -0.2) is 0 Å². The Morgan fingerprint density at radius 2 is 2.00 bits per heavy atom. The lowest BCUT2D eigenvalue weighted by atomic mass is 9.93. The van der Waals surface area contributed by atoms with Gasteiger partial charge in [-0.3, -0.25) is 0 Å². The minimum atomic E-state index is 0.501. The number of fused-ring (bicyclic) bond motifs is 2. The number of nitrogens with one attached hydrogen (secondary N) is 1. The van der Waals surface area contributed by atoms with Crippen LogP contribution in [0.5, 0.6) is 0 Å². The second-order valence-corrected chi connectivity index (χ2v) is 6.03. The van der Waals surface area contributed by atoms with E-state index in [2.05, 4.69) is 43.4 Å². The Balaban J connectivity index is 1.68. The van der Waals surface area contributed by atoms with Crippen LogP contribution in [0.2, 0.25) is 0 Å². The molecule has 1 nitrogen and oxygen atoms in total. The Bertz CT molecular complexity index is 398. The van der Waals surface area contributed by atoms with Crippen molar-refractivity contribution >= 4 is 0 Å². The molecular weight excluding hydrogens is 206 g/mol. The lowest BCUT2D eigenvalue weighted by Crippen LogP contribution is -2.35. The number of hydrogen-bond donors (Lipinski definition) is 1. The molecule has 1 N–H and O–H groups in total. The molecule has 1 aromatic carbocycles. The van der Waals surface area contributed by atoms with Gasteiger partial charge in [0.2, 0.25) is 0 Å². The molecule has 0 heterocycles. The molecular formula is C16H23N. The second kappa shape index (κ2) is 4.45. The van der Waals surface area contributed by atoms with Crippen molar-refractivity contribution in [2.75, 3.05) is 0 Å². The number of hydrogen-bond acceptors (Lipinski definition) is 1. The van der Waals surface area contributed by atoms with Crippen molar-refractivity contribution in [3.05, 3.63) is 35.4 Å². The third-order valence-corrected chi connectivity index (χ3v) is 4.86. The van der Waals surface area contributed by atoms with E-state index in [9.17, 15) is 0 Å². The first-order valence-corrected chi connectivity index (χ1v) is 7.05. The van der Waals surface area contributed by atoms with E-state index in [0.29, 0.717) is 6.04 Å². The molecule has 2 fully saturated rings. The standard InChI is InChI=1S/C16H23N/c1-11-5-3-4-6-15(11)12(2)17-16-10-13-7-8-14(16)9-13/h3-6,12-14,16-17H,7-10H2,1-2H3/t12-,13?,14?,16?/m1/s1. The molecule has 2 aliphatic rings. The molecule has 0 saturated heterocycles. The molecule has 0 radical (unpaired) electrons. The third kappa shape index (κ3) is 2.13. The van der Waals surface area contributed by atoms with Gasteiger partial charge in [0.05, 0.1) is 0 Å². The SMILES string of the molecule is Cc1ccccc1[C@@H](C)NC1CC2CCC1C2. The van der Waals surface area contributed by atoms with Crippen molar-refractivity contribution in [2.24, 2.45) is 11.8 Å². The predicted molar refractivity (Wildman–Crippen MR) is 72.0 cm³/mol. The second-order valence-electron chi connectivity index (χ2n) is 6.03. The van der Waals surface area contributed by atoms with Crippen LogP contribution in [0.4, 0.5) is 0 Å². The topological polar surface area (TPSA) is 12.0 Å². The van der Waals surface area contributed by atoms with Gasteiger partial charge in [0, 0.05) is 12.1 Å². The summed E-state index contributed by atoms with van der Waals surface area (Å²) in [4.78, 5) is 0. The maximum atomic E-state index is 3.87. The van der Waals surface area contributed by atoms with E-state index in [1.807, 2.05) is 0 Å². The molecule has 17 heavy (non-hydrogen) atoms. The van der Waals surface area contributed by atoms with E-state index < -0.39 is 0 Å². The summed E-state index contributed by atoms with van der Waals surface area (Å²) in [6, 6.07) is 10.0. The quantitative estimate of drug-likeness (QED) is 0.830. The van der Waals surface area contributed by atoms with Crippen molar-refractivity contribution in [1.29, 1.82) is 0 Å². The lowest BCUT2D eigenvalue weighted by molar-refractivity contribution is 0.326. The molecule has 0 aromatic heterocycles. The fraction of sp³-hybridized carbons (Fsp3) is 0.625. The summed E-state index contributed by atoms with van der Waals surface area (Å²) in [6.45, 7) is 4.53. The van der Waals surface area contributed by atoms with Crippen LogP contribution in [-0.4, -0.2) is 6.04 Å². The van der Waals surface area contributed by atoms with Gasteiger partial charge in [-0.1, -0.05) is 30.7 Å². The average molecular weight is 229 g/mol. The lowest BCUT2D eigenvalue weighted by Gasteiger charge is -2.27. The maximum Gasteiger partial charge on any atom is 0.0297 e. The van der Waals surface area contributed by atoms with Gasteiger partial charge in [-0.15, -0.1) is 0 Å². The molecule has 1 aromatic rings. The highest BCUT2D eigenvalue weighted by molar-refractivity contribution is 5.28. The van der Waals surface area contributed by atoms with Gasteiger partial charge in [0.25, 0.3) is 0 Å². The van der Waals surface area contributed by atoms with Crippen molar-refractivity contribution < 1.29 is 0 Å². The summed E-state index contributed by atoms with van der Waals surface area (Å²) in [6.07, 6.45) is 5.85. The largest absolute Gasteiger partial charge is 0.307 e. The summed E-state index contributed by atoms with van der Waals surface area (Å²) in [5, 5.41) is 3.87. The summed E-state index contributed by atoms with van der Waals surface area (Å²) in [5.41, 5.74) is 2.88. The third-order valence-electron chi connectivity index (χ3n) is 4.86. The molecule has 2 aliphatic carbocycles. The molecule has 92 valence electrons. The highest BCUT2D eigenvalue weighted by Crippen LogP contribution is 2.45. The van der Waals surface area contributed by atoms with Gasteiger partial charge in [-0.05, 0) is 56.1 Å². The van der Waals surface area contributed by atoms with Crippen LogP contribution in [0.3, 0.4) is 0 Å². The van der Waals surface area contributed by atoms with Crippen LogP contribution in [0.25, 0.3) is 0 Å². The van der Waals surface area contributed by atoms with E-state index in [0.717, 1.165) is 17.9 Å². The number of benzene rings is 1. The van der Waals surface area contributed by atoms with Gasteiger partial charge < -0.3 is 5.32 Å². The zero-order chi connectivity index (χ0) is 11.8. The maximum absolute atomic E-state index is 3.87. The first kappa shape index (κ1) is 11.3. The summed E-state index contributed by atoms with van der Waals surface area (Å²) in [5.74, 6) is 1.99. The molecule has 0 spiro atoms. The van der Waals surface area contributed by atoms with Crippen molar-refractivity contribution in [2.45, 2.75) is 51.6 Å². The van der Waals surface area contributed by atoms with Crippen molar-refractivity contribution in [1.82, 2.24) is 5.32 Å². The summed E-state index contributed by atoms with van der Waals surface area (Å²) < 4.78 is 0.